The number of hydrazone groups is 1. The molecule has 2 rings (SSSR count). The van der Waals surface area contributed by atoms with Crippen LogP contribution in [0.25, 0.3) is 0 Å². The highest BCUT2D eigenvalue weighted by Gasteiger charge is 2.03. The van der Waals surface area contributed by atoms with Gasteiger partial charge in [0.2, 0.25) is 5.91 Å². The number of phenolic OH excluding ortho intramolecular Hbond substituents is 2. The Labute approximate surface area is 126 Å². The molecule has 0 aromatic heterocycles. The molecule has 5 nitrogen and oxygen atoms in total. The van der Waals surface area contributed by atoms with E-state index >= 15 is 0 Å². The number of hydrogen-bond donors (Lipinski definition) is 3. The van der Waals surface area contributed by atoms with Gasteiger partial charge in [-0.25, -0.2) is 5.43 Å². The van der Waals surface area contributed by atoms with Crippen LogP contribution in [-0.2, 0) is 11.2 Å². The van der Waals surface area contributed by atoms with Crippen LogP contribution in [-0.4, -0.2) is 22.3 Å². The highest BCUT2D eigenvalue weighted by molar-refractivity contribution is 6.33. The summed E-state index contributed by atoms with van der Waals surface area (Å²) < 4.78 is 0. The zero-order valence-electron chi connectivity index (χ0n) is 11.0. The molecule has 1 amide bonds. The van der Waals surface area contributed by atoms with Crippen molar-refractivity contribution >= 4 is 23.7 Å². The van der Waals surface area contributed by atoms with Gasteiger partial charge >= 0.3 is 0 Å². The van der Waals surface area contributed by atoms with Crippen molar-refractivity contribution < 1.29 is 15.0 Å². The van der Waals surface area contributed by atoms with Gasteiger partial charge in [0.15, 0.2) is 0 Å². The topological polar surface area (TPSA) is 81.9 Å². The van der Waals surface area contributed by atoms with Crippen LogP contribution in [0.1, 0.15) is 11.1 Å². The maximum absolute atomic E-state index is 11.7. The molecular weight excluding hydrogens is 292 g/mol. The Morgan fingerprint density at radius 2 is 1.95 bits per heavy atom. The Hall–Kier alpha value is -2.53. The number of hydrogen-bond acceptors (Lipinski definition) is 4. The second-order valence-corrected chi connectivity index (χ2v) is 4.75. The molecule has 0 unspecified atom stereocenters. The lowest BCUT2D eigenvalue weighted by molar-refractivity contribution is -0.120. The zero-order valence-corrected chi connectivity index (χ0v) is 11.7. The van der Waals surface area contributed by atoms with E-state index in [-0.39, 0.29) is 23.8 Å². The standard InChI is InChI=1S/C15H13ClN2O3/c16-14-8-13(20)5-4-11(14)9-17-18-15(21)7-10-2-1-3-12(19)6-10/h1-6,8-9,19-20H,7H2,(H,18,21)/b17-9+. The van der Waals surface area contributed by atoms with Crippen LogP contribution in [0.2, 0.25) is 5.02 Å². The Morgan fingerprint density at radius 1 is 1.19 bits per heavy atom. The number of nitrogens with zero attached hydrogens (tertiary/aromatic N) is 1. The normalized spacial score (nSPS) is 10.7. The number of nitrogens with one attached hydrogen (secondary N) is 1. The number of carbonyl (C=O) groups is 1. The zero-order chi connectivity index (χ0) is 15.2. The number of halogens is 1. The molecule has 0 radical (unpaired) electrons. The lowest BCUT2D eigenvalue weighted by Gasteiger charge is -2.02. The summed E-state index contributed by atoms with van der Waals surface area (Å²) >= 11 is 5.90. The SMILES string of the molecule is O=C(Cc1cccc(O)c1)N/N=C/c1ccc(O)cc1Cl. The third kappa shape index (κ3) is 4.50. The van der Waals surface area contributed by atoms with Gasteiger partial charge in [0.1, 0.15) is 11.5 Å². The van der Waals surface area contributed by atoms with Gasteiger partial charge in [0.05, 0.1) is 17.7 Å². The van der Waals surface area contributed by atoms with Crippen LogP contribution in [0.5, 0.6) is 11.5 Å². The summed E-state index contributed by atoms with van der Waals surface area (Å²) in [6.45, 7) is 0. The van der Waals surface area contributed by atoms with Gasteiger partial charge in [-0.3, -0.25) is 4.79 Å². The minimum Gasteiger partial charge on any atom is -0.508 e. The minimum atomic E-state index is -0.313. The van der Waals surface area contributed by atoms with E-state index in [0.717, 1.165) is 0 Å². The van der Waals surface area contributed by atoms with E-state index in [0.29, 0.717) is 16.1 Å². The highest BCUT2D eigenvalue weighted by Crippen LogP contribution is 2.19. The molecule has 0 fully saturated rings. The fourth-order valence-corrected chi connectivity index (χ4v) is 1.91. The fourth-order valence-electron chi connectivity index (χ4n) is 1.69. The fraction of sp³-hybridized carbons (Fsp3) is 0.0667. The predicted octanol–water partition coefficient (Wildman–Crippen LogP) is 2.44. The number of rotatable bonds is 4. The summed E-state index contributed by atoms with van der Waals surface area (Å²) in [7, 11) is 0. The average Bonchev–Trinajstić information content (AvgIpc) is 2.41. The predicted molar refractivity (Wildman–Crippen MR) is 80.7 cm³/mol. The summed E-state index contributed by atoms with van der Waals surface area (Å²) in [5, 5.41) is 22.7. The van der Waals surface area contributed by atoms with Gasteiger partial charge < -0.3 is 10.2 Å². The van der Waals surface area contributed by atoms with E-state index in [9.17, 15) is 15.0 Å². The van der Waals surface area contributed by atoms with Gasteiger partial charge in [-0.05, 0) is 35.9 Å². The quantitative estimate of drug-likeness (QED) is 0.599. The van der Waals surface area contributed by atoms with Crippen LogP contribution >= 0.6 is 11.6 Å². The molecular formula is C15H13ClN2O3. The first kappa shape index (κ1) is 14.9. The third-order valence-electron chi connectivity index (χ3n) is 2.65. The molecule has 0 aliphatic heterocycles. The number of aromatic hydroxyl groups is 2. The summed E-state index contributed by atoms with van der Waals surface area (Å²) in [4.78, 5) is 11.7. The van der Waals surface area contributed by atoms with Gasteiger partial charge in [0.25, 0.3) is 0 Å². The Morgan fingerprint density at radius 3 is 2.67 bits per heavy atom. The minimum absolute atomic E-state index is 0.0603. The van der Waals surface area contributed by atoms with E-state index < -0.39 is 0 Å². The summed E-state index contributed by atoms with van der Waals surface area (Å²) in [5.74, 6) is -0.142. The van der Waals surface area contributed by atoms with Crippen LogP contribution in [0.3, 0.4) is 0 Å². The van der Waals surface area contributed by atoms with Crippen molar-refractivity contribution in [1.29, 1.82) is 0 Å². The third-order valence-corrected chi connectivity index (χ3v) is 2.98. The van der Waals surface area contributed by atoms with E-state index in [2.05, 4.69) is 10.5 Å². The molecule has 0 aliphatic carbocycles. The summed E-state index contributed by atoms with van der Waals surface area (Å²) in [6.07, 6.45) is 1.50. The molecule has 0 heterocycles. The Bertz CT molecular complexity index is 686. The van der Waals surface area contributed by atoms with Crippen LogP contribution in [0.15, 0.2) is 47.6 Å². The second-order valence-electron chi connectivity index (χ2n) is 4.35. The number of carbonyl (C=O) groups excluding carboxylic acids is 1. The molecule has 2 aromatic carbocycles. The molecule has 6 heteroatoms. The Kier molecular flexibility index (Phi) is 4.79. The maximum Gasteiger partial charge on any atom is 0.244 e. The molecule has 2 aromatic rings. The number of benzene rings is 2. The Balaban J connectivity index is 1.93. The molecule has 0 aliphatic rings. The molecule has 21 heavy (non-hydrogen) atoms. The molecule has 108 valence electrons. The van der Waals surface area contributed by atoms with Crippen molar-refractivity contribution in [2.75, 3.05) is 0 Å². The first-order valence-electron chi connectivity index (χ1n) is 6.13. The molecule has 0 saturated heterocycles. The van der Waals surface area contributed by atoms with E-state index in [1.807, 2.05) is 0 Å². The maximum atomic E-state index is 11.7. The lowest BCUT2D eigenvalue weighted by atomic mass is 10.1. The van der Waals surface area contributed by atoms with Crippen LogP contribution in [0, 0.1) is 0 Å². The van der Waals surface area contributed by atoms with Crippen LogP contribution < -0.4 is 5.43 Å². The van der Waals surface area contributed by atoms with Crippen molar-refractivity contribution in [3.8, 4) is 11.5 Å². The molecule has 3 N–H and O–H groups in total. The smallest absolute Gasteiger partial charge is 0.244 e. The van der Waals surface area contributed by atoms with Crippen LogP contribution in [0.4, 0.5) is 0 Å². The molecule has 0 atom stereocenters. The largest absolute Gasteiger partial charge is 0.508 e. The number of phenols is 2. The van der Waals surface area contributed by atoms with E-state index in [4.69, 9.17) is 11.6 Å². The van der Waals surface area contributed by atoms with E-state index in [1.54, 1.807) is 18.2 Å². The average molecular weight is 305 g/mol. The van der Waals surface area contributed by atoms with Crippen molar-refractivity contribution in [2.24, 2.45) is 5.10 Å². The van der Waals surface area contributed by atoms with Crippen molar-refractivity contribution in [2.45, 2.75) is 6.42 Å². The van der Waals surface area contributed by atoms with Gasteiger partial charge in [0, 0.05) is 5.56 Å². The van der Waals surface area contributed by atoms with Crippen molar-refractivity contribution in [3.05, 3.63) is 58.6 Å². The molecule has 0 spiro atoms. The van der Waals surface area contributed by atoms with Crippen molar-refractivity contribution in [1.82, 2.24) is 5.43 Å². The van der Waals surface area contributed by atoms with E-state index in [1.165, 1.54) is 30.5 Å². The lowest BCUT2D eigenvalue weighted by Crippen LogP contribution is -2.19. The molecule has 0 bridgehead atoms. The first-order chi connectivity index (χ1) is 10.0. The highest BCUT2D eigenvalue weighted by atomic mass is 35.5. The molecule has 0 saturated carbocycles. The van der Waals surface area contributed by atoms with Crippen molar-refractivity contribution in [3.63, 3.8) is 0 Å². The van der Waals surface area contributed by atoms with Gasteiger partial charge in [-0.2, -0.15) is 5.10 Å². The van der Waals surface area contributed by atoms with Gasteiger partial charge in [-0.1, -0.05) is 23.7 Å². The second kappa shape index (κ2) is 6.76. The monoisotopic (exact) mass is 304 g/mol. The first-order valence-corrected chi connectivity index (χ1v) is 6.51. The summed E-state index contributed by atoms with van der Waals surface area (Å²) in [6, 6.07) is 10.9. The van der Waals surface area contributed by atoms with Gasteiger partial charge in [-0.15, -0.1) is 0 Å². The number of amides is 1. The summed E-state index contributed by atoms with van der Waals surface area (Å²) in [5.41, 5.74) is 3.63.